The highest BCUT2D eigenvalue weighted by Gasteiger charge is 2.16. The third-order valence-electron chi connectivity index (χ3n) is 3.00. The number of nitrogens with one attached hydrogen (secondary N) is 2. The van der Waals surface area contributed by atoms with Gasteiger partial charge in [0.2, 0.25) is 0 Å². The Kier molecular flexibility index (Phi) is 4.73. The lowest BCUT2D eigenvalue weighted by atomic mass is 10.1. The van der Waals surface area contributed by atoms with Crippen molar-refractivity contribution < 1.29 is 19.1 Å². The average Bonchev–Trinajstić information content (AvgIpc) is 2.98. The first-order valence-electron chi connectivity index (χ1n) is 6.79. The van der Waals surface area contributed by atoms with E-state index in [0.717, 1.165) is 0 Å². The molecule has 2 rings (SSSR count). The van der Waals surface area contributed by atoms with Crippen molar-refractivity contribution in [3.8, 4) is 0 Å². The zero-order valence-corrected chi connectivity index (χ0v) is 12.3. The van der Waals surface area contributed by atoms with Gasteiger partial charge in [-0.3, -0.25) is 9.59 Å². The Morgan fingerprint density at radius 3 is 2.59 bits per heavy atom. The van der Waals surface area contributed by atoms with Crippen LogP contribution in [0.15, 0.2) is 36.5 Å². The minimum absolute atomic E-state index is 0.137. The molecule has 6 nitrogen and oxygen atoms in total. The molecule has 2 N–H and O–H groups in total. The minimum atomic E-state index is -0.505. The number of benzene rings is 1. The zero-order valence-electron chi connectivity index (χ0n) is 12.3. The molecule has 0 spiro atoms. The predicted molar refractivity (Wildman–Crippen MR) is 81.1 cm³/mol. The second-order valence-corrected chi connectivity index (χ2v) is 4.58. The van der Waals surface area contributed by atoms with Crippen LogP contribution in [0.2, 0.25) is 0 Å². The number of carbonyl (C=O) groups is 3. The number of hydrogen-bond donors (Lipinski definition) is 2. The van der Waals surface area contributed by atoms with Crippen LogP contribution in [0.1, 0.15) is 45.1 Å². The number of amides is 1. The van der Waals surface area contributed by atoms with Gasteiger partial charge in [-0.2, -0.15) is 0 Å². The number of ether oxygens (including phenoxy) is 1. The first kappa shape index (κ1) is 15.5. The summed E-state index contributed by atoms with van der Waals surface area (Å²) in [6.45, 7) is 3.38. The largest absolute Gasteiger partial charge is 0.462 e. The summed E-state index contributed by atoms with van der Waals surface area (Å²) in [5.41, 5.74) is 1.29. The summed E-state index contributed by atoms with van der Waals surface area (Å²) in [4.78, 5) is 38.0. The van der Waals surface area contributed by atoms with E-state index in [-0.39, 0.29) is 23.6 Å². The number of H-pyrrole nitrogens is 1. The van der Waals surface area contributed by atoms with Crippen LogP contribution < -0.4 is 5.32 Å². The van der Waals surface area contributed by atoms with Crippen molar-refractivity contribution in [2.75, 3.05) is 11.9 Å². The van der Waals surface area contributed by atoms with Crippen molar-refractivity contribution in [3.05, 3.63) is 53.3 Å². The van der Waals surface area contributed by atoms with Gasteiger partial charge in [0.1, 0.15) is 5.69 Å². The number of para-hydroxylation sites is 1. The second kappa shape index (κ2) is 6.71. The van der Waals surface area contributed by atoms with Gasteiger partial charge in [-0.25, -0.2) is 4.79 Å². The molecule has 0 saturated carbocycles. The normalized spacial score (nSPS) is 10.1. The Hall–Kier alpha value is -2.89. The maximum atomic E-state index is 12.2. The summed E-state index contributed by atoms with van der Waals surface area (Å²) in [5, 5.41) is 2.64. The smallest absolute Gasteiger partial charge is 0.340 e. The van der Waals surface area contributed by atoms with Crippen molar-refractivity contribution in [2.45, 2.75) is 13.8 Å². The summed E-state index contributed by atoms with van der Waals surface area (Å²) in [6, 6.07) is 8.03. The number of carbonyl (C=O) groups excluding carboxylic acids is 3. The van der Waals surface area contributed by atoms with Gasteiger partial charge in [0, 0.05) is 11.8 Å². The topological polar surface area (TPSA) is 88.3 Å². The van der Waals surface area contributed by atoms with Crippen molar-refractivity contribution in [2.24, 2.45) is 0 Å². The van der Waals surface area contributed by atoms with Gasteiger partial charge in [-0.05, 0) is 32.0 Å². The van der Waals surface area contributed by atoms with Crippen LogP contribution in [-0.4, -0.2) is 29.3 Å². The average molecular weight is 300 g/mol. The molecule has 2 aromatic rings. The second-order valence-electron chi connectivity index (χ2n) is 4.58. The number of aromatic amines is 1. The molecule has 0 aliphatic heterocycles. The van der Waals surface area contributed by atoms with Crippen LogP contribution in [0.5, 0.6) is 0 Å². The molecule has 0 radical (unpaired) electrons. The molecule has 0 bridgehead atoms. The van der Waals surface area contributed by atoms with Gasteiger partial charge >= 0.3 is 5.97 Å². The Balaban J connectivity index is 2.21. The van der Waals surface area contributed by atoms with E-state index >= 15 is 0 Å². The minimum Gasteiger partial charge on any atom is -0.462 e. The number of aromatic nitrogens is 1. The standard InChI is InChI=1S/C16H16N2O4/c1-3-22-16(21)12-6-4-5-7-13(12)18-15(20)14-8-11(9-17-14)10(2)19/h4-9,17H,3H2,1-2H3,(H,18,20). The maximum absolute atomic E-state index is 12.2. The highest BCUT2D eigenvalue weighted by atomic mass is 16.5. The van der Waals surface area contributed by atoms with Crippen molar-refractivity contribution in [1.82, 2.24) is 4.98 Å². The van der Waals surface area contributed by atoms with Gasteiger partial charge < -0.3 is 15.0 Å². The molecule has 0 aliphatic carbocycles. The third kappa shape index (κ3) is 3.41. The Morgan fingerprint density at radius 1 is 1.23 bits per heavy atom. The SMILES string of the molecule is CCOC(=O)c1ccccc1NC(=O)c1cc(C(C)=O)c[nH]1. The molecule has 1 heterocycles. The highest BCUT2D eigenvalue weighted by Crippen LogP contribution is 2.17. The number of hydrogen-bond acceptors (Lipinski definition) is 4. The first-order valence-corrected chi connectivity index (χ1v) is 6.79. The molecule has 1 amide bonds. The van der Waals surface area contributed by atoms with Crippen LogP contribution >= 0.6 is 0 Å². The molecule has 1 aromatic carbocycles. The van der Waals surface area contributed by atoms with Crippen molar-refractivity contribution >= 4 is 23.3 Å². The van der Waals surface area contributed by atoms with Gasteiger partial charge in [0.05, 0.1) is 17.9 Å². The van der Waals surface area contributed by atoms with E-state index in [4.69, 9.17) is 4.74 Å². The monoisotopic (exact) mass is 300 g/mol. The quantitative estimate of drug-likeness (QED) is 0.656. The fourth-order valence-electron chi connectivity index (χ4n) is 1.90. The molecule has 114 valence electrons. The molecule has 0 fully saturated rings. The molecular formula is C16H16N2O4. The lowest BCUT2D eigenvalue weighted by Gasteiger charge is -2.09. The predicted octanol–water partition coefficient (Wildman–Crippen LogP) is 2.65. The van der Waals surface area contributed by atoms with E-state index in [9.17, 15) is 14.4 Å². The fraction of sp³-hybridized carbons (Fsp3) is 0.188. The maximum Gasteiger partial charge on any atom is 0.340 e. The van der Waals surface area contributed by atoms with Gasteiger partial charge in [-0.1, -0.05) is 12.1 Å². The van der Waals surface area contributed by atoms with Crippen LogP contribution in [0.25, 0.3) is 0 Å². The zero-order chi connectivity index (χ0) is 16.1. The molecule has 22 heavy (non-hydrogen) atoms. The highest BCUT2D eigenvalue weighted by molar-refractivity contribution is 6.08. The Bertz CT molecular complexity index is 718. The molecule has 6 heteroatoms. The summed E-state index contributed by atoms with van der Waals surface area (Å²) in [5.74, 6) is -1.08. The van der Waals surface area contributed by atoms with Crippen LogP contribution in [-0.2, 0) is 4.74 Å². The van der Waals surface area contributed by atoms with E-state index in [0.29, 0.717) is 11.3 Å². The summed E-state index contributed by atoms with van der Waals surface area (Å²) < 4.78 is 4.95. The summed E-state index contributed by atoms with van der Waals surface area (Å²) >= 11 is 0. The molecule has 0 aliphatic rings. The first-order chi connectivity index (χ1) is 10.5. The van der Waals surface area contributed by atoms with E-state index in [1.807, 2.05) is 0 Å². The van der Waals surface area contributed by atoms with Gasteiger partial charge in [0.25, 0.3) is 5.91 Å². The molecule has 0 unspecified atom stereocenters. The fourth-order valence-corrected chi connectivity index (χ4v) is 1.90. The Labute approximate surface area is 127 Å². The molecule has 0 saturated heterocycles. The lowest BCUT2D eigenvalue weighted by molar-refractivity contribution is 0.0527. The number of rotatable bonds is 5. The van der Waals surface area contributed by atoms with E-state index in [1.165, 1.54) is 19.2 Å². The number of anilines is 1. The number of ketones is 1. The lowest BCUT2D eigenvalue weighted by Crippen LogP contribution is -2.16. The number of esters is 1. The number of Topliss-reactive ketones (excluding diaryl/α,β-unsaturated/α-hetero) is 1. The molecule has 0 atom stereocenters. The summed E-state index contributed by atoms with van der Waals surface area (Å²) in [7, 11) is 0. The summed E-state index contributed by atoms with van der Waals surface area (Å²) in [6.07, 6.45) is 1.47. The molecular weight excluding hydrogens is 284 g/mol. The van der Waals surface area contributed by atoms with Crippen LogP contribution in [0, 0.1) is 0 Å². The van der Waals surface area contributed by atoms with E-state index in [1.54, 1.807) is 31.2 Å². The van der Waals surface area contributed by atoms with E-state index < -0.39 is 11.9 Å². The van der Waals surface area contributed by atoms with Crippen LogP contribution in [0.3, 0.4) is 0 Å². The van der Waals surface area contributed by atoms with Crippen molar-refractivity contribution in [1.29, 1.82) is 0 Å². The van der Waals surface area contributed by atoms with Gasteiger partial charge in [0.15, 0.2) is 5.78 Å². The third-order valence-corrected chi connectivity index (χ3v) is 3.00. The van der Waals surface area contributed by atoms with E-state index in [2.05, 4.69) is 10.3 Å². The van der Waals surface area contributed by atoms with Crippen LogP contribution in [0.4, 0.5) is 5.69 Å². The van der Waals surface area contributed by atoms with Crippen molar-refractivity contribution in [3.63, 3.8) is 0 Å². The Morgan fingerprint density at radius 2 is 1.95 bits per heavy atom. The van der Waals surface area contributed by atoms with Gasteiger partial charge in [-0.15, -0.1) is 0 Å². The molecule has 1 aromatic heterocycles.